The van der Waals surface area contributed by atoms with Gasteiger partial charge in [-0.3, -0.25) is 4.79 Å². The predicted molar refractivity (Wildman–Crippen MR) is 111 cm³/mol. The van der Waals surface area contributed by atoms with Gasteiger partial charge in [0.15, 0.2) is 0 Å². The molecule has 2 heterocycles. The molecule has 1 N–H and O–H groups in total. The van der Waals surface area contributed by atoms with Crippen molar-refractivity contribution in [3.8, 4) is 11.1 Å². The molecule has 0 bridgehead atoms. The van der Waals surface area contributed by atoms with E-state index >= 15 is 0 Å². The Morgan fingerprint density at radius 3 is 2.54 bits per heavy atom. The normalized spacial score (nSPS) is 13.0. The first kappa shape index (κ1) is 18.9. The van der Waals surface area contributed by atoms with Gasteiger partial charge in [-0.1, -0.05) is 41.6 Å². The van der Waals surface area contributed by atoms with Crippen LogP contribution in [0.1, 0.15) is 33.3 Å². The Hall–Kier alpha value is -1.92. The minimum absolute atomic E-state index is 0.0152. The van der Waals surface area contributed by atoms with Crippen molar-refractivity contribution >= 4 is 39.2 Å². The number of benzene rings is 1. The fraction of sp³-hybridized carbons (Fsp3) is 0.350. The van der Waals surface area contributed by atoms with E-state index in [1.807, 2.05) is 27.7 Å². The Balaban J connectivity index is 1.95. The number of fused-ring (bicyclic) bond motifs is 1. The first-order valence-corrected chi connectivity index (χ1v) is 10.3. The van der Waals surface area contributed by atoms with Crippen molar-refractivity contribution in [1.29, 1.82) is 0 Å². The van der Waals surface area contributed by atoms with Crippen molar-refractivity contribution in [3.63, 3.8) is 0 Å². The summed E-state index contributed by atoms with van der Waals surface area (Å²) < 4.78 is 0. The Morgan fingerprint density at radius 1 is 1.19 bits per heavy atom. The van der Waals surface area contributed by atoms with Gasteiger partial charge >= 0.3 is 0 Å². The maximum Gasteiger partial charge on any atom is 0.233 e. The third-order valence-corrected chi connectivity index (χ3v) is 5.84. The molecule has 1 atom stereocenters. The van der Waals surface area contributed by atoms with Gasteiger partial charge in [-0.15, -0.1) is 11.3 Å². The van der Waals surface area contributed by atoms with Crippen LogP contribution in [-0.2, 0) is 4.79 Å². The summed E-state index contributed by atoms with van der Waals surface area (Å²) in [5.41, 5.74) is 3.25. The molecule has 6 heteroatoms. The molecule has 0 saturated carbocycles. The third kappa shape index (κ3) is 4.24. The first-order chi connectivity index (χ1) is 12.2. The predicted octanol–water partition coefficient (Wildman–Crippen LogP) is 5.06. The van der Waals surface area contributed by atoms with Gasteiger partial charge in [-0.05, 0) is 40.2 Å². The number of nitrogens with zero attached hydrogens (tertiary/aromatic N) is 2. The zero-order valence-corrected chi connectivity index (χ0v) is 17.3. The lowest BCUT2D eigenvalue weighted by atomic mass is 10.1. The number of aryl methyl sites for hydroxylation is 1. The standard InChI is InChI=1S/C20H23N3OS2/c1-12-6-8-14(9-7-12)15-10-25-18-16(15)19(22-11-21-18)26-13(2)17(24)23-20(3,4)5/h6-11,13H,1-5H3,(H,23,24)/t13-/m1/s1. The molecule has 26 heavy (non-hydrogen) atoms. The molecule has 1 amide bonds. The highest BCUT2D eigenvalue weighted by atomic mass is 32.2. The van der Waals surface area contributed by atoms with Gasteiger partial charge in [0.05, 0.1) is 10.6 Å². The van der Waals surface area contributed by atoms with E-state index in [0.717, 1.165) is 26.4 Å². The van der Waals surface area contributed by atoms with Crippen molar-refractivity contribution < 1.29 is 4.79 Å². The summed E-state index contributed by atoms with van der Waals surface area (Å²) in [6, 6.07) is 8.45. The third-order valence-electron chi connectivity index (χ3n) is 3.85. The van der Waals surface area contributed by atoms with Crippen LogP contribution in [0.3, 0.4) is 0 Å². The molecule has 0 unspecified atom stereocenters. The van der Waals surface area contributed by atoms with Gasteiger partial charge in [-0.25, -0.2) is 9.97 Å². The van der Waals surface area contributed by atoms with Crippen LogP contribution < -0.4 is 5.32 Å². The Labute approximate surface area is 162 Å². The molecule has 0 aliphatic heterocycles. The topological polar surface area (TPSA) is 54.9 Å². The monoisotopic (exact) mass is 385 g/mol. The minimum atomic E-state index is -0.248. The van der Waals surface area contributed by atoms with E-state index in [1.54, 1.807) is 17.7 Å². The molecule has 136 valence electrons. The van der Waals surface area contributed by atoms with Gasteiger partial charge in [0, 0.05) is 16.5 Å². The van der Waals surface area contributed by atoms with E-state index in [-0.39, 0.29) is 16.7 Å². The number of nitrogens with one attached hydrogen (secondary N) is 1. The lowest BCUT2D eigenvalue weighted by Crippen LogP contribution is -2.44. The summed E-state index contributed by atoms with van der Waals surface area (Å²) in [5, 5.41) is 6.79. The quantitative estimate of drug-likeness (QED) is 0.504. The van der Waals surface area contributed by atoms with Crippen LogP contribution in [0.15, 0.2) is 41.0 Å². The zero-order chi connectivity index (χ0) is 18.9. The molecule has 0 aliphatic carbocycles. The summed E-state index contributed by atoms with van der Waals surface area (Å²) in [7, 11) is 0. The average molecular weight is 386 g/mol. The second kappa shape index (κ2) is 7.37. The maximum atomic E-state index is 12.5. The first-order valence-electron chi connectivity index (χ1n) is 8.52. The van der Waals surface area contributed by atoms with E-state index in [1.165, 1.54) is 17.3 Å². The van der Waals surface area contributed by atoms with Gasteiger partial charge in [0.1, 0.15) is 16.2 Å². The molecule has 3 rings (SSSR count). The molecule has 4 nitrogen and oxygen atoms in total. The van der Waals surface area contributed by atoms with Crippen LogP contribution in [0.2, 0.25) is 0 Å². The number of carbonyl (C=O) groups is 1. The van der Waals surface area contributed by atoms with Gasteiger partial charge in [0.2, 0.25) is 5.91 Å². The molecule has 0 fully saturated rings. The minimum Gasteiger partial charge on any atom is -0.351 e. The average Bonchev–Trinajstić information content (AvgIpc) is 2.99. The van der Waals surface area contributed by atoms with Crippen molar-refractivity contribution in [2.45, 2.75) is 50.4 Å². The molecule has 3 aromatic rings. The highest BCUT2D eigenvalue weighted by Crippen LogP contribution is 2.39. The molecule has 2 aromatic heterocycles. The fourth-order valence-electron chi connectivity index (χ4n) is 2.57. The van der Waals surface area contributed by atoms with Gasteiger partial charge in [0.25, 0.3) is 0 Å². The second-order valence-electron chi connectivity index (χ2n) is 7.37. The molecule has 0 spiro atoms. The number of thioether (sulfide) groups is 1. The van der Waals surface area contributed by atoms with Crippen LogP contribution in [0.5, 0.6) is 0 Å². The number of hydrogen-bond donors (Lipinski definition) is 1. The molecule has 0 aliphatic rings. The highest BCUT2D eigenvalue weighted by molar-refractivity contribution is 8.00. The summed E-state index contributed by atoms with van der Waals surface area (Å²) in [6.07, 6.45) is 1.58. The number of aromatic nitrogens is 2. The number of thiophene rings is 1. The van der Waals surface area contributed by atoms with E-state index in [0.29, 0.717) is 0 Å². The molecular formula is C20H23N3OS2. The van der Waals surface area contributed by atoms with E-state index < -0.39 is 0 Å². The largest absolute Gasteiger partial charge is 0.351 e. The molecular weight excluding hydrogens is 362 g/mol. The van der Waals surface area contributed by atoms with Crippen molar-refractivity contribution in [2.75, 3.05) is 0 Å². The van der Waals surface area contributed by atoms with Crippen LogP contribution in [0, 0.1) is 6.92 Å². The number of amides is 1. The number of hydrogen-bond acceptors (Lipinski definition) is 5. The van der Waals surface area contributed by atoms with Crippen molar-refractivity contribution in [2.24, 2.45) is 0 Å². The Kier molecular flexibility index (Phi) is 5.34. The lowest BCUT2D eigenvalue weighted by molar-refractivity contribution is -0.121. The lowest BCUT2D eigenvalue weighted by Gasteiger charge is -2.23. The highest BCUT2D eigenvalue weighted by Gasteiger charge is 2.22. The Bertz CT molecular complexity index is 926. The van der Waals surface area contributed by atoms with Crippen molar-refractivity contribution in [1.82, 2.24) is 15.3 Å². The van der Waals surface area contributed by atoms with Crippen LogP contribution >= 0.6 is 23.1 Å². The van der Waals surface area contributed by atoms with E-state index in [2.05, 4.69) is 51.9 Å². The number of carbonyl (C=O) groups excluding carboxylic acids is 1. The zero-order valence-electron chi connectivity index (χ0n) is 15.7. The Morgan fingerprint density at radius 2 is 1.88 bits per heavy atom. The summed E-state index contributed by atoms with van der Waals surface area (Å²) in [5.74, 6) is 0.0152. The van der Waals surface area contributed by atoms with E-state index in [4.69, 9.17) is 0 Å². The van der Waals surface area contributed by atoms with Crippen LogP contribution in [0.4, 0.5) is 0 Å². The van der Waals surface area contributed by atoms with Crippen molar-refractivity contribution in [3.05, 3.63) is 41.5 Å². The van der Waals surface area contributed by atoms with Crippen LogP contribution in [0.25, 0.3) is 21.3 Å². The van der Waals surface area contributed by atoms with Gasteiger partial charge in [-0.2, -0.15) is 0 Å². The SMILES string of the molecule is Cc1ccc(-c2csc3ncnc(S[C@H](C)C(=O)NC(C)(C)C)c23)cc1. The fourth-order valence-corrected chi connectivity index (χ4v) is 4.49. The summed E-state index contributed by atoms with van der Waals surface area (Å²) in [6.45, 7) is 9.95. The second-order valence-corrected chi connectivity index (χ2v) is 9.56. The van der Waals surface area contributed by atoms with E-state index in [9.17, 15) is 4.79 Å². The maximum absolute atomic E-state index is 12.5. The molecule has 1 aromatic carbocycles. The van der Waals surface area contributed by atoms with Gasteiger partial charge < -0.3 is 5.32 Å². The summed E-state index contributed by atoms with van der Waals surface area (Å²) in [4.78, 5) is 22.3. The smallest absolute Gasteiger partial charge is 0.233 e. The summed E-state index contributed by atoms with van der Waals surface area (Å²) >= 11 is 3.09. The van der Waals surface area contributed by atoms with Crippen LogP contribution in [-0.4, -0.2) is 26.7 Å². The molecule has 0 radical (unpaired) electrons. The number of rotatable bonds is 4. The molecule has 0 saturated heterocycles.